The van der Waals surface area contributed by atoms with Crippen LogP contribution < -0.4 is 5.32 Å². The van der Waals surface area contributed by atoms with Gasteiger partial charge in [0.1, 0.15) is 0 Å². The number of anilines is 1. The predicted octanol–water partition coefficient (Wildman–Crippen LogP) is 2.75. The summed E-state index contributed by atoms with van der Waals surface area (Å²) in [6.07, 6.45) is 2.92. The second kappa shape index (κ2) is 4.78. The number of fused-ring (bicyclic) bond motifs is 1. The van der Waals surface area contributed by atoms with Crippen LogP contribution in [0.15, 0.2) is 35.8 Å². The third-order valence-corrected chi connectivity index (χ3v) is 3.73. The van der Waals surface area contributed by atoms with Gasteiger partial charge in [0.25, 0.3) is 0 Å². The van der Waals surface area contributed by atoms with Gasteiger partial charge in [0.05, 0.1) is 0 Å². The summed E-state index contributed by atoms with van der Waals surface area (Å²) >= 11 is 1.78. The van der Waals surface area contributed by atoms with Gasteiger partial charge in [-0.15, -0.1) is 16.4 Å². The van der Waals surface area contributed by atoms with E-state index in [1.807, 2.05) is 29.8 Å². The molecular formula is C13H14N4S. The summed E-state index contributed by atoms with van der Waals surface area (Å²) in [4.78, 5) is 5.85. The van der Waals surface area contributed by atoms with E-state index in [2.05, 4.69) is 32.9 Å². The van der Waals surface area contributed by atoms with E-state index in [1.54, 1.807) is 11.3 Å². The van der Waals surface area contributed by atoms with E-state index in [0.717, 1.165) is 24.2 Å². The van der Waals surface area contributed by atoms with Gasteiger partial charge >= 0.3 is 0 Å². The first-order valence-electron chi connectivity index (χ1n) is 5.91. The Bertz CT molecular complexity index is 642. The Kier molecular flexibility index (Phi) is 2.98. The Hall–Kier alpha value is -1.88. The number of nitrogens with zero attached hydrogens (tertiary/aromatic N) is 3. The van der Waals surface area contributed by atoms with Gasteiger partial charge in [0, 0.05) is 17.6 Å². The Morgan fingerprint density at radius 3 is 3.06 bits per heavy atom. The van der Waals surface area contributed by atoms with Crippen LogP contribution >= 0.6 is 11.3 Å². The number of nitrogens with one attached hydrogen (secondary N) is 1. The Morgan fingerprint density at radius 1 is 1.33 bits per heavy atom. The highest BCUT2D eigenvalue weighted by atomic mass is 32.1. The molecule has 5 heteroatoms. The average Bonchev–Trinajstić information content (AvgIpc) is 2.98. The molecule has 0 fully saturated rings. The van der Waals surface area contributed by atoms with Gasteiger partial charge in [0.15, 0.2) is 5.65 Å². The maximum Gasteiger partial charge on any atom is 0.243 e. The standard InChI is InChI=1S/C13H14N4S/c1-10-4-2-8-17-12(10)15-13(16-17)14-7-6-11-5-3-9-18-11/h2-5,8-9H,6-7H2,1H3,(H,14,16). The second-order valence-electron chi connectivity index (χ2n) is 4.15. The van der Waals surface area contributed by atoms with Crippen LogP contribution in [0.3, 0.4) is 0 Å². The Labute approximate surface area is 109 Å². The fourth-order valence-electron chi connectivity index (χ4n) is 1.87. The molecule has 3 heterocycles. The molecule has 4 nitrogen and oxygen atoms in total. The summed E-state index contributed by atoms with van der Waals surface area (Å²) in [5.74, 6) is 0.695. The van der Waals surface area contributed by atoms with Crippen LogP contribution in [0, 0.1) is 6.92 Å². The van der Waals surface area contributed by atoms with Crippen molar-refractivity contribution in [2.75, 3.05) is 11.9 Å². The molecule has 3 aromatic rings. The minimum Gasteiger partial charge on any atom is -0.353 e. The van der Waals surface area contributed by atoms with Crippen LogP contribution in [0.1, 0.15) is 10.4 Å². The summed E-state index contributed by atoms with van der Waals surface area (Å²) in [7, 11) is 0. The lowest BCUT2D eigenvalue weighted by atomic mass is 10.3. The first-order valence-corrected chi connectivity index (χ1v) is 6.79. The van der Waals surface area contributed by atoms with Crippen LogP contribution in [0.5, 0.6) is 0 Å². The molecule has 0 bridgehead atoms. The summed E-state index contributed by atoms with van der Waals surface area (Å²) in [5, 5.41) is 9.75. The number of thiophene rings is 1. The van der Waals surface area contributed by atoms with E-state index < -0.39 is 0 Å². The minimum absolute atomic E-state index is 0.695. The van der Waals surface area contributed by atoms with Gasteiger partial charge in [0.2, 0.25) is 5.95 Å². The number of hydrogen-bond donors (Lipinski definition) is 1. The van der Waals surface area contributed by atoms with Crippen molar-refractivity contribution in [1.29, 1.82) is 0 Å². The van der Waals surface area contributed by atoms with Crippen molar-refractivity contribution >= 4 is 22.9 Å². The molecular weight excluding hydrogens is 244 g/mol. The van der Waals surface area contributed by atoms with E-state index in [-0.39, 0.29) is 0 Å². The first-order chi connectivity index (χ1) is 8.83. The molecule has 0 spiro atoms. The van der Waals surface area contributed by atoms with Gasteiger partial charge < -0.3 is 5.32 Å². The highest BCUT2D eigenvalue weighted by molar-refractivity contribution is 7.09. The van der Waals surface area contributed by atoms with E-state index >= 15 is 0 Å². The normalized spacial score (nSPS) is 10.9. The first kappa shape index (κ1) is 11.2. The maximum absolute atomic E-state index is 4.48. The molecule has 0 unspecified atom stereocenters. The SMILES string of the molecule is Cc1cccn2nc(NCCc3cccs3)nc12. The predicted molar refractivity (Wildman–Crippen MR) is 74.2 cm³/mol. The molecule has 0 aliphatic carbocycles. The number of aromatic nitrogens is 3. The highest BCUT2D eigenvalue weighted by Gasteiger charge is 2.04. The monoisotopic (exact) mass is 258 g/mol. The van der Waals surface area contributed by atoms with Gasteiger partial charge in [-0.05, 0) is 36.4 Å². The van der Waals surface area contributed by atoms with Crippen molar-refractivity contribution in [1.82, 2.24) is 14.6 Å². The lowest BCUT2D eigenvalue weighted by molar-refractivity contribution is 0.938. The van der Waals surface area contributed by atoms with Crippen molar-refractivity contribution < 1.29 is 0 Å². The number of aryl methyl sites for hydroxylation is 1. The summed E-state index contributed by atoms with van der Waals surface area (Å²) in [6.45, 7) is 2.90. The quantitative estimate of drug-likeness (QED) is 0.782. The molecule has 0 saturated carbocycles. The van der Waals surface area contributed by atoms with E-state index in [9.17, 15) is 0 Å². The molecule has 3 aromatic heterocycles. The zero-order chi connectivity index (χ0) is 12.4. The van der Waals surface area contributed by atoms with Crippen molar-refractivity contribution in [2.24, 2.45) is 0 Å². The van der Waals surface area contributed by atoms with Crippen LogP contribution in [0.4, 0.5) is 5.95 Å². The van der Waals surface area contributed by atoms with Gasteiger partial charge in [-0.3, -0.25) is 0 Å². The minimum atomic E-state index is 0.695. The van der Waals surface area contributed by atoms with Crippen molar-refractivity contribution in [3.63, 3.8) is 0 Å². The molecule has 0 radical (unpaired) electrons. The zero-order valence-corrected chi connectivity index (χ0v) is 10.9. The molecule has 0 atom stereocenters. The van der Waals surface area contributed by atoms with Crippen molar-refractivity contribution in [2.45, 2.75) is 13.3 Å². The smallest absolute Gasteiger partial charge is 0.243 e. The molecule has 0 aliphatic heterocycles. The highest BCUT2D eigenvalue weighted by Crippen LogP contribution is 2.11. The number of pyridine rings is 1. The van der Waals surface area contributed by atoms with Gasteiger partial charge in [-0.1, -0.05) is 12.1 Å². The van der Waals surface area contributed by atoms with Crippen LogP contribution in [-0.2, 0) is 6.42 Å². The summed E-state index contributed by atoms with van der Waals surface area (Å²) in [6, 6.07) is 8.24. The molecule has 92 valence electrons. The fourth-order valence-corrected chi connectivity index (χ4v) is 2.58. The third kappa shape index (κ3) is 2.22. The maximum atomic E-state index is 4.48. The molecule has 18 heavy (non-hydrogen) atoms. The zero-order valence-electron chi connectivity index (χ0n) is 10.1. The molecule has 3 rings (SSSR count). The van der Waals surface area contributed by atoms with Crippen LogP contribution in [0.25, 0.3) is 5.65 Å². The van der Waals surface area contributed by atoms with E-state index in [4.69, 9.17) is 0 Å². The van der Waals surface area contributed by atoms with Crippen LogP contribution in [0.2, 0.25) is 0 Å². The van der Waals surface area contributed by atoms with Crippen molar-refractivity contribution in [3.05, 3.63) is 46.3 Å². The molecule has 0 aromatic carbocycles. The summed E-state index contributed by atoms with van der Waals surface area (Å²) < 4.78 is 1.81. The fraction of sp³-hybridized carbons (Fsp3) is 0.231. The van der Waals surface area contributed by atoms with Crippen molar-refractivity contribution in [3.8, 4) is 0 Å². The lowest BCUT2D eigenvalue weighted by Gasteiger charge is -1.98. The molecule has 0 aliphatic rings. The second-order valence-corrected chi connectivity index (χ2v) is 5.18. The Balaban J connectivity index is 1.69. The summed E-state index contributed by atoms with van der Waals surface area (Å²) in [5.41, 5.74) is 2.05. The largest absolute Gasteiger partial charge is 0.353 e. The van der Waals surface area contributed by atoms with E-state index in [1.165, 1.54) is 4.88 Å². The van der Waals surface area contributed by atoms with Gasteiger partial charge in [-0.2, -0.15) is 4.98 Å². The Morgan fingerprint density at radius 2 is 2.28 bits per heavy atom. The van der Waals surface area contributed by atoms with Crippen LogP contribution in [-0.4, -0.2) is 21.1 Å². The lowest BCUT2D eigenvalue weighted by Crippen LogP contribution is -2.05. The molecule has 1 N–H and O–H groups in total. The third-order valence-electron chi connectivity index (χ3n) is 2.79. The average molecular weight is 258 g/mol. The topological polar surface area (TPSA) is 42.2 Å². The number of rotatable bonds is 4. The molecule has 0 amide bonds. The number of hydrogen-bond acceptors (Lipinski definition) is 4. The van der Waals surface area contributed by atoms with E-state index in [0.29, 0.717) is 5.95 Å². The molecule has 0 saturated heterocycles. The van der Waals surface area contributed by atoms with Gasteiger partial charge in [-0.25, -0.2) is 4.52 Å².